The Kier molecular flexibility index (Phi) is 5.85. The van der Waals surface area contributed by atoms with Crippen LogP contribution in [0.3, 0.4) is 0 Å². The van der Waals surface area contributed by atoms with Crippen LogP contribution in [-0.4, -0.2) is 29.2 Å². The van der Waals surface area contributed by atoms with Gasteiger partial charge in [-0.1, -0.05) is 12.1 Å². The van der Waals surface area contributed by atoms with E-state index in [9.17, 15) is 18.8 Å². The summed E-state index contributed by atoms with van der Waals surface area (Å²) in [6.45, 7) is 0.0973. The average molecular weight is 430 g/mol. The number of halogens is 1. The Balaban J connectivity index is 1.50. The molecular formula is C22H24FN3O3S. The number of amides is 3. The van der Waals surface area contributed by atoms with Crippen molar-refractivity contribution in [1.82, 2.24) is 4.90 Å². The van der Waals surface area contributed by atoms with Crippen LogP contribution in [0.25, 0.3) is 0 Å². The van der Waals surface area contributed by atoms with Gasteiger partial charge in [-0.25, -0.2) is 4.39 Å². The number of carbonyl (C=O) groups is 3. The first-order chi connectivity index (χ1) is 14.4. The molecule has 1 aromatic heterocycles. The molecule has 0 spiro atoms. The number of carbonyl (C=O) groups excluding carboxylic acids is 3. The van der Waals surface area contributed by atoms with Crippen molar-refractivity contribution >= 4 is 34.1 Å². The van der Waals surface area contributed by atoms with Crippen molar-refractivity contribution in [1.29, 1.82) is 0 Å². The molecule has 6 nitrogen and oxygen atoms in total. The van der Waals surface area contributed by atoms with Gasteiger partial charge in [0.1, 0.15) is 17.4 Å². The van der Waals surface area contributed by atoms with Crippen molar-refractivity contribution in [3.8, 4) is 0 Å². The number of rotatable bonds is 7. The number of nitrogens with one attached hydrogen (secondary N) is 1. The molecule has 2 aromatic rings. The van der Waals surface area contributed by atoms with Gasteiger partial charge >= 0.3 is 0 Å². The number of thiophene rings is 1. The van der Waals surface area contributed by atoms with E-state index in [2.05, 4.69) is 5.32 Å². The third-order valence-electron chi connectivity index (χ3n) is 5.53. The molecule has 0 unspecified atom stereocenters. The summed E-state index contributed by atoms with van der Waals surface area (Å²) in [5, 5.41) is 3.29. The molecule has 0 atom stereocenters. The highest BCUT2D eigenvalue weighted by molar-refractivity contribution is 7.17. The minimum Gasteiger partial charge on any atom is -0.365 e. The van der Waals surface area contributed by atoms with Gasteiger partial charge in [0.15, 0.2) is 0 Å². The molecule has 1 saturated carbocycles. The van der Waals surface area contributed by atoms with Gasteiger partial charge in [0.2, 0.25) is 11.8 Å². The number of hydrogen-bond acceptors (Lipinski definition) is 4. The second kappa shape index (κ2) is 8.55. The lowest BCUT2D eigenvalue weighted by atomic mass is 9.95. The molecule has 158 valence electrons. The molecule has 4 rings (SSSR count). The zero-order valence-electron chi connectivity index (χ0n) is 16.6. The molecule has 3 N–H and O–H groups in total. The van der Waals surface area contributed by atoms with Gasteiger partial charge in [-0.3, -0.25) is 14.4 Å². The Bertz CT molecular complexity index is 982. The maximum absolute atomic E-state index is 13.2. The van der Waals surface area contributed by atoms with E-state index in [1.165, 1.54) is 28.4 Å². The van der Waals surface area contributed by atoms with Crippen molar-refractivity contribution in [2.75, 3.05) is 11.9 Å². The molecule has 0 bridgehead atoms. The van der Waals surface area contributed by atoms with Crippen LogP contribution in [-0.2, 0) is 29.0 Å². The molecule has 1 aromatic carbocycles. The number of anilines is 1. The largest absolute Gasteiger partial charge is 0.365 e. The highest BCUT2D eigenvalue weighted by atomic mass is 32.1. The summed E-state index contributed by atoms with van der Waals surface area (Å²) >= 11 is 1.40. The van der Waals surface area contributed by atoms with Gasteiger partial charge in [-0.15, -0.1) is 11.3 Å². The van der Waals surface area contributed by atoms with Crippen LogP contribution < -0.4 is 11.1 Å². The van der Waals surface area contributed by atoms with E-state index in [-0.39, 0.29) is 36.6 Å². The highest BCUT2D eigenvalue weighted by Gasteiger charge is 2.34. The lowest BCUT2D eigenvalue weighted by molar-refractivity contribution is -0.136. The van der Waals surface area contributed by atoms with E-state index in [1.54, 1.807) is 12.1 Å². The van der Waals surface area contributed by atoms with E-state index < -0.39 is 5.91 Å². The molecule has 8 heteroatoms. The first-order valence-corrected chi connectivity index (χ1v) is 11.0. The third-order valence-corrected chi connectivity index (χ3v) is 6.74. The first-order valence-electron chi connectivity index (χ1n) is 10.2. The van der Waals surface area contributed by atoms with Gasteiger partial charge in [0, 0.05) is 17.3 Å². The second-order valence-corrected chi connectivity index (χ2v) is 9.03. The van der Waals surface area contributed by atoms with Crippen molar-refractivity contribution in [3.05, 3.63) is 51.7 Å². The smallest absolute Gasteiger partial charge is 0.251 e. The number of nitrogens with zero attached hydrogens (tertiary/aromatic N) is 1. The quantitative estimate of drug-likeness (QED) is 0.708. The van der Waals surface area contributed by atoms with Crippen LogP contribution in [0, 0.1) is 11.7 Å². The lowest BCUT2D eigenvalue weighted by Gasteiger charge is -2.22. The molecule has 3 amide bonds. The summed E-state index contributed by atoms with van der Waals surface area (Å²) in [6.07, 6.45) is 5.37. The van der Waals surface area contributed by atoms with Gasteiger partial charge < -0.3 is 16.0 Å². The van der Waals surface area contributed by atoms with Crippen LogP contribution in [0.2, 0.25) is 0 Å². The fraction of sp³-hybridized carbons (Fsp3) is 0.409. The summed E-state index contributed by atoms with van der Waals surface area (Å²) in [7, 11) is 0. The Morgan fingerprint density at radius 2 is 1.83 bits per heavy atom. The van der Waals surface area contributed by atoms with Gasteiger partial charge in [0.05, 0.1) is 5.56 Å². The zero-order valence-corrected chi connectivity index (χ0v) is 17.4. The van der Waals surface area contributed by atoms with E-state index in [4.69, 9.17) is 5.73 Å². The van der Waals surface area contributed by atoms with Gasteiger partial charge in [0.25, 0.3) is 5.91 Å². The number of hydrogen-bond donors (Lipinski definition) is 2. The summed E-state index contributed by atoms with van der Waals surface area (Å²) in [4.78, 5) is 40.1. The molecule has 2 aliphatic rings. The molecule has 1 fully saturated rings. The fourth-order valence-electron chi connectivity index (χ4n) is 3.86. The standard InChI is InChI=1S/C22H24FN3O3S/c23-15-9-5-13(6-10-15)11-26(22(29)14-7-8-14)12-18(27)25-21-19(20(24)28)16-3-1-2-4-17(16)30-21/h5-6,9-10,14H,1-4,7-8,11-12H2,(H2,24,28)(H,25,27). The molecule has 1 heterocycles. The van der Waals surface area contributed by atoms with Crippen LogP contribution in [0.5, 0.6) is 0 Å². The molecular weight excluding hydrogens is 405 g/mol. The summed E-state index contributed by atoms with van der Waals surface area (Å²) < 4.78 is 13.2. The van der Waals surface area contributed by atoms with E-state index >= 15 is 0 Å². The van der Waals surface area contributed by atoms with Crippen LogP contribution in [0.15, 0.2) is 24.3 Å². The Morgan fingerprint density at radius 3 is 2.50 bits per heavy atom. The lowest BCUT2D eigenvalue weighted by Crippen LogP contribution is -2.38. The van der Waals surface area contributed by atoms with Crippen LogP contribution >= 0.6 is 11.3 Å². The maximum atomic E-state index is 13.2. The van der Waals surface area contributed by atoms with Gasteiger partial charge in [-0.05, 0) is 61.8 Å². The van der Waals surface area contributed by atoms with Crippen molar-refractivity contribution in [2.24, 2.45) is 11.7 Å². The minimum atomic E-state index is -0.540. The van der Waals surface area contributed by atoms with Crippen molar-refractivity contribution < 1.29 is 18.8 Å². The SMILES string of the molecule is NC(=O)c1c(NC(=O)CN(Cc2ccc(F)cc2)C(=O)C2CC2)sc2c1CCCC2. The number of nitrogens with two attached hydrogens (primary N) is 1. The van der Waals surface area contributed by atoms with Crippen LogP contribution in [0.4, 0.5) is 9.39 Å². The summed E-state index contributed by atoms with van der Waals surface area (Å²) in [5.41, 5.74) is 7.70. The monoisotopic (exact) mass is 429 g/mol. The van der Waals surface area contributed by atoms with Crippen LogP contribution in [0.1, 0.15) is 52.0 Å². The number of aryl methyl sites for hydroxylation is 1. The van der Waals surface area contributed by atoms with Crippen molar-refractivity contribution in [3.63, 3.8) is 0 Å². The predicted octanol–water partition coefficient (Wildman–Crippen LogP) is 3.24. The van der Waals surface area contributed by atoms with E-state index in [1.807, 2.05) is 0 Å². The number of fused-ring (bicyclic) bond motifs is 1. The Labute approximate surface area is 178 Å². The predicted molar refractivity (Wildman–Crippen MR) is 113 cm³/mol. The maximum Gasteiger partial charge on any atom is 0.251 e. The highest BCUT2D eigenvalue weighted by Crippen LogP contribution is 2.38. The molecule has 0 radical (unpaired) electrons. The number of primary amides is 1. The van der Waals surface area contributed by atoms with Gasteiger partial charge in [-0.2, -0.15) is 0 Å². The zero-order chi connectivity index (χ0) is 21.3. The van der Waals surface area contributed by atoms with Crippen molar-refractivity contribution in [2.45, 2.75) is 45.1 Å². The fourth-order valence-corrected chi connectivity index (χ4v) is 5.18. The molecule has 0 aliphatic heterocycles. The Morgan fingerprint density at radius 1 is 1.13 bits per heavy atom. The molecule has 0 saturated heterocycles. The normalized spacial score (nSPS) is 15.4. The van der Waals surface area contributed by atoms with E-state index in [0.29, 0.717) is 10.6 Å². The average Bonchev–Trinajstić information content (AvgIpc) is 3.49. The first kappa shape index (κ1) is 20.5. The molecule has 2 aliphatic carbocycles. The van der Waals surface area contributed by atoms with E-state index in [0.717, 1.165) is 54.5 Å². The Hall–Kier alpha value is -2.74. The second-order valence-electron chi connectivity index (χ2n) is 7.92. The topological polar surface area (TPSA) is 92.5 Å². The minimum absolute atomic E-state index is 0.0477. The summed E-state index contributed by atoms with van der Waals surface area (Å²) in [6, 6.07) is 5.90. The summed E-state index contributed by atoms with van der Waals surface area (Å²) in [5.74, 6) is -1.38. The molecule has 30 heavy (non-hydrogen) atoms. The third kappa shape index (κ3) is 4.53. The number of benzene rings is 1.